The van der Waals surface area contributed by atoms with Gasteiger partial charge >= 0.3 is 0 Å². The summed E-state index contributed by atoms with van der Waals surface area (Å²) in [4.78, 5) is 21.2. The van der Waals surface area contributed by atoms with Crippen LogP contribution in [-0.2, 0) is 18.3 Å². The largest absolute Gasteiger partial charge is 0.338 e. The first-order valence-electron chi connectivity index (χ1n) is 8.96. The summed E-state index contributed by atoms with van der Waals surface area (Å²) in [6.45, 7) is 3.64. The Bertz CT molecular complexity index is 793. The minimum atomic E-state index is -0.0198. The standard InChI is InChI=1S/C18H25N5OS.2ClH/c1-11-21-15-5-4-6-16(17(15)25-11)23(3)18(24)14-9-19-8-13(14)12-7-20-22(2)10-12;;/h7,10,13-14,16,19H,4-6,8-9H2,1-3H3;2*1H/t13-,14+,16?;;/m1../s1. The van der Waals surface area contributed by atoms with E-state index in [1.54, 1.807) is 11.3 Å². The fourth-order valence-corrected chi connectivity index (χ4v) is 5.38. The Morgan fingerprint density at radius 3 is 2.85 bits per heavy atom. The second-order valence-electron chi connectivity index (χ2n) is 7.22. The zero-order chi connectivity index (χ0) is 17.6. The molecular weight excluding hydrogens is 405 g/mol. The van der Waals surface area contributed by atoms with Crippen LogP contribution in [0, 0.1) is 12.8 Å². The van der Waals surface area contributed by atoms with Gasteiger partial charge in [-0.1, -0.05) is 0 Å². The van der Waals surface area contributed by atoms with Gasteiger partial charge < -0.3 is 10.2 Å². The summed E-state index contributed by atoms with van der Waals surface area (Å²) in [5, 5.41) is 8.78. The topological polar surface area (TPSA) is 63.1 Å². The highest BCUT2D eigenvalue weighted by atomic mass is 35.5. The average Bonchev–Trinajstić information content (AvgIpc) is 3.30. The lowest BCUT2D eigenvalue weighted by atomic mass is 9.88. The zero-order valence-electron chi connectivity index (χ0n) is 15.8. The lowest BCUT2D eigenvalue weighted by Gasteiger charge is -2.33. The summed E-state index contributed by atoms with van der Waals surface area (Å²) in [5.41, 5.74) is 2.35. The van der Waals surface area contributed by atoms with Gasteiger partial charge in [-0.15, -0.1) is 36.2 Å². The van der Waals surface area contributed by atoms with Crippen molar-refractivity contribution in [1.82, 2.24) is 25.0 Å². The van der Waals surface area contributed by atoms with Crippen molar-refractivity contribution in [3.63, 3.8) is 0 Å². The van der Waals surface area contributed by atoms with Crippen LogP contribution in [0.15, 0.2) is 12.4 Å². The molecular formula is C18H27Cl2N5OS. The van der Waals surface area contributed by atoms with Crippen molar-refractivity contribution in [1.29, 1.82) is 0 Å². The number of hydrogen-bond donors (Lipinski definition) is 1. The van der Waals surface area contributed by atoms with E-state index in [-0.39, 0.29) is 48.6 Å². The predicted molar refractivity (Wildman–Crippen MR) is 112 cm³/mol. The molecule has 0 aromatic carbocycles. The molecule has 2 aromatic heterocycles. The molecule has 150 valence electrons. The molecule has 3 heterocycles. The van der Waals surface area contributed by atoms with Crippen molar-refractivity contribution in [2.24, 2.45) is 13.0 Å². The molecule has 1 saturated heterocycles. The van der Waals surface area contributed by atoms with Gasteiger partial charge in [-0.25, -0.2) is 4.98 Å². The normalized spacial score (nSPS) is 23.9. The van der Waals surface area contributed by atoms with E-state index >= 15 is 0 Å². The average molecular weight is 432 g/mol. The van der Waals surface area contributed by atoms with E-state index in [4.69, 9.17) is 0 Å². The van der Waals surface area contributed by atoms with Crippen LogP contribution in [0.4, 0.5) is 0 Å². The fourth-order valence-electron chi connectivity index (χ4n) is 4.22. The highest BCUT2D eigenvalue weighted by molar-refractivity contribution is 7.11. The Labute approximate surface area is 176 Å². The van der Waals surface area contributed by atoms with E-state index in [9.17, 15) is 4.79 Å². The molecule has 9 heteroatoms. The predicted octanol–water partition coefficient (Wildman–Crippen LogP) is 2.87. The number of carbonyl (C=O) groups is 1. The summed E-state index contributed by atoms with van der Waals surface area (Å²) in [6.07, 6.45) is 7.11. The van der Waals surface area contributed by atoms with Crippen molar-refractivity contribution in [3.05, 3.63) is 33.5 Å². The Kier molecular flexibility index (Phi) is 7.30. The number of carbonyl (C=O) groups excluding carboxylic acids is 1. The molecule has 4 rings (SSSR count). The van der Waals surface area contributed by atoms with Gasteiger partial charge in [0, 0.05) is 39.3 Å². The second-order valence-corrected chi connectivity index (χ2v) is 8.45. The maximum absolute atomic E-state index is 13.3. The number of nitrogens with one attached hydrogen (secondary N) is 1. The van der Waals surface area contributed by atoms with Gasteiger partial charge in [0.05, 0.1) is 33.7 Å². The van der Waals surface area contributed by atoms with Crippen LogP contribution < -0.4 is 5.32 Å². The summed E-state index contributed by atoms with van der Waals surface area (Å²) < 4.78 is 1.81. The van der Waals surface area contributed by atoms with Gasteiger partial charge in [-0.3, -0.25) is 9.48 Å². The van der Waals surface area contributed by atoms with Gasteiger partial charge in [0.1, 0.15) is 0 Å². The molecule has 2 aromatic rings. The molecule has 0 radical (unpaired) electrons. The van der Waals surface area contributed by atoms with Crippen molar-refractivity contribution in [3.8, 4) is 0 Å². The van der Waals surface area contributed by atoms with E-state index < -0.39 is 0 Å². The molecule has 2 aliphatic rings. The van der Waals surface area contributed by atoms with Crippen LogP contribution in [0.3, 0.4) is 0 Å². The second kappa shape index (κ2) is 8.90. The molecule has 0 spiro atoms. The molecule has 1 unspecified atom stereocenters. The number of halogens is 2. The van der Waals surface area contributed by atoms with Crippen molar-refractivity contribution < 1.29 is 4.79 Å². The number of thiazole rings is 1. The SMILES string of the molecule is Cc1nc2c(s1)C(N(C)C(=O)[C@H]1CNC[C@@H]1c1cnn(C)c1)CCC2.Cl.Cl. The van der Waals surface area contributed by atoms with Crippen molar-refractivity contribution >= 4 is 42.1 Å². The Morgan fingerprint density at radius 2 is 2.15 bits per heavy atom. The third-order valence-electron chi connectivity index (χ3n) is 5.53. The molecule has 1 aliphatic carbocycles. The van der Waals surface area contributed by atoms with Crippen LogP contribution in [-0.4, -0.2) is 45.7 Å². The molecule has 1 N–H and O–H groups in total. The van der Waals surface area contributed by atoms with Gasteiger partial charge in [0.15, 0.2) is 0 Å². The van der Waals surface area contributed by atoms with Crippen LogP contribution in [0.1, 0.15) is 45.9 Å². The molecule has 1 aliphatic heterocycles. The monoisotopic (exact) mass is 431 g/mol. The summed E-state index contributed by atoms with van der Waals surface area (Å²) in [7, 11) is 3.89. The number of nitrogens with zero attached hydrogens (tertiary/aromatic N) is 4. The highest BCUT2D eigenvalue weighted by Crippen LogP contribution is 2.39. The van der Waals surface area contributed by atoms with Crippen LogP contribution >= 0.6 is 36.2 Å². The Morgan fingerprint density at radius 1 is 1.37 bits per heavy atom. The number of aryl methyl sites for hydroxylation is 3. The van der Waals surface area contributed by atoms with E-state index in [0.29, 0.717) is 0 Å². The number of amides is 1. The molecule has 1 fully saturated rings. The summed E-state index contributed by atoms with van der Waals surface area (Å²) in [5.74, 6) is 0.422. The maximum Gasteiger partial charge on any atom is 0.227 e. The molecule has 0 saturated carbocycles. The summed E-state index contributed by atoms with van der Waals surface area (Å²) >= 11 is 1.75. The molecule has 27 heavy (non-hydrogen) atoms. The van der Waals surface area contributed by atoms with Gasteiger partial charge in [-0.05, 0) is 31.7 Å². The number of rotatable bonds is 3. The van der Waals surface area contributed by atoms with Crippen molar-refractivity contribution in [2.45, 2.75) is 38.1 Å². The molecule has 0 bridgehead atoms. The third-order valence-corrected chi connectivity index (χ3v) is 6.64. The van der Waals surface area contributed by atoms with Crippen molar-refractivity contribution in [2.75, 3.05) is 20.1 Å². The van der Waals surface area contributed by atoms with Gasteiger partial charge in [0.2, 0.25) is 5.91 Å². The van der Waals surface area contributed by atoms with E-state index in [0.717, 1.165) is 42.9 Å². The van der Waals surface area contributed by atoms with Gasteiger partial charge in [-0.2, -0.15) is 5.10 Å². The quantitative estimate of drug-likeness (QED) is 0.810. The van der Waals surface area contributed by atoms with E-state index in [1.165, 1.54) is 10.6 Å². The van der Waals surface area contributed by atoms with Crippen LogP contribution in [0.2, 0.25) is 0 Å². The maximum atomic E-state index is 13.3. The minimum Gasteiger partial charge on any atom is -0.338 e. The van der Waals surface area contributed by atoms with Crippen LogP contribution in [0.25, 0.3) is 0 Å². The number of fused-ring (bicyclic) bond motifs is 1. The van der Waals surface area contributed by atoms with E-state index in [2.05, 4.69) is 22.3 Å². The Balaban J connectivity index is 0.00000131. The first-order valence-corrected chi connectivity index (χ1v) is 9.78. The fraction of sp³-hybridized carbons (Fsp3) is 0.611. The molecule has 3 atom stereocenters. The molecule has 1 amide bonds. The minimum absolute atomic E-state index is 0. The highest BCUT2D eigenvalue weighted by Gasteiger charge is 2.39. The molecule has 6 nitrogen and oxygen atoms in total. The third kappa shape index (κ3) is 4.16. The number of hydrogen-bond acceptors (Lipinski definition) is 5. The van der Waals surface area contributed by atoms with Gasteiger partial charge in [0.25, 0.3) is 0 Å². The van der Waals surface area contributed by atoms with Crippen LogP contribution in [0.5, 0.6) is 0 Å². The Hall–Kier alpha value is -1.15. The van der Waals surface area contributed by atoms with E-state index in [1.807, 2.05) is 36.1 Å². The summed E-state index contributed by atoms with van der Waals surface area (Å²) in [6, 6.07) is 0.178. The lowest BCUT2D eigenvalue weighted by Crippen LogP contribution is -2.39. The smallest absolute Gasteiger partial charge is 0.227 e. The lowest BCUT2D eigenvalue weighted by molar-refractivity contribution is -0.136. The first-order chi connectivity index (χ1) is 12.0. The number of aromatic nitrogens is 3. The zero-order valence-corrected chi connectivity index (χ0v) is 18.3. The first kappa shape index (κ1) is 22.1.